The SMILES string of the molecule is COC(=O)c1cc(C2CNC2)ccc1F. The molecule has 0 radical (unpaired) electrons. The van der Waals surface area contributed by atoms with E-state index in [4.69, 9.17) is 0 Å². The van der Waals surface area contributed by atoms with Crippen molar-refractivity contribution in [3.8, 4) is 0 Å². The summed E-state index contributed by atoms with van der Waals surface area (Å²) in [5.74, 6) is -0.770. The second-order valence-corrected chi connectivity index (χ2v) is 3.59. The highest BCUT2D eigenvalue weighted by Crippen LogP contribution is 2.22. The summed E-state index contributed by atoms with van der Waals surface area (Å²) in [6.45, 7) is 1.76. The Balaban J connectivity index is 2.31. The minimum Gasteiger partial charge on any atom is -0.465 e. The van der Waals surface area contributed by atoms with E-state index in [-0.39, 0.29) is 5.56 Å². The maximum absolute atomic E-state index is 13.3. The number of benzene rings is 1. The molecule has 0 saturated carbocycles. The Hall–Kier alpha value is -1.42. The number of carbonyl (C=O) groups excluding carboxylic acids is 1. The predicted octanol–water partition coefficient (Wildman–Crippen LogP) is 1.30. The largest absolute Gasteiger partial charge is 0.465 e. The van der Waals surface area contributed by atoms with Gasteiger partial charge in [0, 0.05) is 19.0 Å². The standard InChI is InChI=1S/C11H12FNO2/c1-15-11(14)9-4-7(2-3-10(9)12)8-5-13-6-8/h2-4,8,13H,5-6H2,1H3. The van der Waals surface area contributed by atoms with Crippen molar-refractivity contribution in [3.05, 3.63) is 35.1 Å². The van der Waals surface area contributed by atoms with E-state index in [0.29, 0.717) is 5.92 Å². The molecule has 1 N–H and O–H groups in total. The molecule has 3 nitrogen and oxygen atoms in total. The van der Waals surface area contributed by atoms with Gasteiger partial charge in [0.15, 0.2) is 0 Å². The molecule has 0 aliphatic carbocycles. The van der Waals surface area contributed by atoms with E-state index in [1.807, 2.05) is 0 Å². The van der Waals surface area contributed by atoms with E-state index in [2.05, 4.69) is 10.1 Å². The van der Waals surface area contributed by atoms with Crippen LogP contribution < -0.4 is 5.32 Å². The molecule has 1 saturated heterocycles. The van der Waals surface area contributed by atoms with Crippen LogP contribution in [-0.2, 0) is 4.74 Å². The molecule has 1 aromatic carbocycles. The first-order chi connectivity index (χ1) is 7.22. The lowest BCUT2D eigenvalue weighted by Gasteiger charge is -2.27. The zero-order valence-electron chi connectivity index (χ0n) is 8.42. The zero-order valence-corrected chi connectivity index (χ0v) is 8.42. The van der Waals surface area contributed by atoms with Gasteiger partial charge in [-0.3, -0.25) is 0 Å². The summed E-state index contributed by atoms with van der Waals surface area (Å²) in [5.41, 5.74) is 0.998. The molecule has 4 heteroatoms. The molecule has 0 atom stereocenters. The molecule has 0 unspecified atom stereocenters. The lowest BCUT2D eigenvalue weighted by Crippen LogP contribution is -2.39. The average molecular weight is 209 g/mol. The number of hydrogen-bond acceptors (Lipinski definition) is 3. The third kappa shape index (κ3) is 1.85. The highest BCUT2D eigenvalue weighted by molar-refractivity contribution is 5.89. The van der Waals surface area contributed by atoms with Gasteiger partial charge in [-0.2, -0.15) is 0 Å². The maximum atomic E-state index is 13.3. The summed E-state index contributed by atoms with van der Waals surface area (Å²) in [7, 11) is 1.25. The quantitative estimate of drug-likeness (QED) is 0.746. The molecule has 80 valence electrons. The lowest BCUT2D eigenvalue weighted by molar-refractivity contribution is 0.0595. The molecular weight excluding hydrogens is 197 g/mol. The molecule has 1 aromatic rings. The normalized spacial score (nSPS) is 15.9. The van der Waals surface area contributed by atoms with Gasteiger partial charge in [-0.1, -0.05) is 6.07 Å². The Kier molecular flexibility index (Phi) is 2.68. The van der Waals surface area contributed by atoms with E-state index in [9.17, 15) is 9.18 Å². The number of ether oxygens (including phenoxy) is 1. The molecule has 1 heterocycles. The summed E-state index contributed by atoms with van der Waals surface area (Å²) in [6, 6.07) is 4.61. The summed E-state index contributed by atoms with van der Waals surface area (Å²) >= 11 is 0. The average Bonchev–Trinajstić information content (AvgIpc) is 2.17. The smallest absolute Gasteiger partial charge is 0.340 e. The fourth-order valence-corrected chi connectivity index (χ4v) is 1.59. The highest BCUT2D eigenvalue weighted by Gasteiger charge is 2.21. The van der Waals surface area contributed by atoms with Crippen LogP contribution in [0.25, 0.3) is 0 Å². The van der Waals surface area contributed by atoms with Crippen molar-refractivity contribution in [2.24, 2.45) is 0 Å². The van der Waals surface area contributed by atoms with Crippen LogP contribution in [0.2, 0.25) is 0 Å². The van der Waals surface area contributed by atoms with Gasteiger partial charge in [-0.25, -0.2) is 9.18 Å². The Morgan fingerprint density at radius 3 is 2.80 bits per heavy atom. The van der Waals surface area contributed by atoms with Crippen LogP contribution in [0.3, 0.4) is 0 Å². The second-order valence-electron chi connectivity index (χ2n) is 3.59. The van der Waals surface area contributed by atoms with Crippen molar-refractivity contribution < 1.29 is 13.9 Å². The lowest BCUT2D eigenvalue weighted by atomic mass is 9.92. The van der Waals surface area contributed by atoms with Crippen molar-refractivity contribution in [3.63, 3.8) is 0 Å². The number of halogens is 1. The highest BCUT2D eigenvalue weighted by atomic mass is 19.1. The minimum atomic E-state index is -0.623. The Morgan fingerprint density at radius 1 is 1.53 bits per heavy atom. The molecule has 1 fully saturated rings. The van der Waals surface area contributed by atoms with Crippen LogP contribution in [0.4, 0.5) is 4.39 Å². The molecule has 15 heavy (non-hydrogen) atoms. The van der Waals surface area contributed by atoms with Gasteiger partial charge in [0.1, 0.15) is 5.82 Å². The van der Waals surface area contributed by atoms with Crippen molar-refractivity contribution in [2.75, 3.05) is 20.2 Å². The maximum Gasteiger partial charge on any atom is 0.340 e. The number of hydrogen-bond donors (Lipinski definition) is 1. The van der Waals surface area contributed by atoms with Gasteiger partial charge in [-0.05, 0) is 17.7 Å². The van der Waals surface area contributed by atoms with Crippen LogP contribution in [0.15, 0.2) is 18.2 Å². The van der Waals surface area contributed by atoms with Crippen molar-refractivity contribution in [1.29, 1.82) is 0 Å². The Labute approximate surface area is 87.2 Å². The molecule has 0 bridgehead atoms. The molecule has 0 spiro atoms. The summed E-state index contributed by atoms with van der Waals surface area (Å²) in [6.07, 6.45) is 0. The van der Waals surface area contributed by atoms with E-state index in [1.165, 1.54) is 13.2 Å². The second kappa shape index (κ2) is 3.98. The first kappa shape index (κ1) is 10.1. The molecular formula is C11H12FNO2. The van der Waals surface area contributed by atoms with E-state index in [1.54, 1.807) is 12.1 Å². The number of rotatable bonds is 2. The van der Waals surface area contributed by atoms with E-state index < -0.39 is 11.8 Å². The first-order valence-electron chi connectivity index (χ1n) is 4.81. The van der Waals surface area contributed by atoms with Gasteiger partial charge in [0.05, 0.1) is 12.7 Å². The van der Waals surface area contributed by atoms with Crippen LogP contribution in [0.1, 0.15) is 21.8 Å². The number of methoxy groups -OCH3 is 1. The first-order valence-corrected chi connectivity index (χ1v) is 4.81. The Bertz CT molecular complexity index is 388. The summed E-state index contributed by atoms with van der Waals surface area (Å²) in [4.78, 5) is 11.2. The van der Waals surface area contributed by atoms with Gasteiger partial charge in [-0.15, -0.1) is 0 Å². The molecule has 1 aliphatic heterocycles. The van der Waals surface area contributed by atoms with Gasteiger partial charge in [0.2, 0.25) is 0 Å². The van der Waals surface area contributed by atoms with E-state index >= 15 is 0 Å². The van der Waals surface area contributed by atoms with Crippen LogP contribution in [0.5, 0.6) is 0 Å². The molecule has 0 aromatic heterocycles. The van der Waals surface area contributed by atoms with Gasteiger partial charge >= 0.3 is 5.97 Å². The van der Waals surface area contributed by atoms with Gasteiger partial charge < -0.3 is 10.1 Å². The fraction of sp³-hybridized carbons (Fsp3) is 0.364. The summed E-state index contributed by atoms with van der Waals surface area (Å²) in [5, 5.41) is 3.13. The zero-order chi connectivity index (χ0) is 10.8. The van der Waals surface area contributed by atoms with Crippen LogP contribution in [-0.4, -0.2) is 26.2 Å². The molecule has 2 rings (SSSR count). The van der Waals surface area contributed by atoms with Crippen molar-refractivity contribution in [2.45, 2.75) is 5.92 Å². The fourth-order valence-electron chi connectivity index (χ4n) is 1.59. The predicted molar refractivity (Wildman–Crippen MR) is 53.4 cm³/mol. The van der Waals surface area contributed by atoms with E-state index in [0.717, 1.165) is 18.7 Å². The number of carbonyl (C=O) groups is 1. The minimum absolute atomic E-state index is 0.0156. The summed E-state index contributed by atoms with van der Waals surface area (Å²) < 4.78 is 17.8. The monoisotopic (exact) mass is 209 g/mol. The number of esters is 1. The third-order valence-electron chi connectivity index (χ3n) is 2.65. The topological polar surface area (TPSA) is 38.3 Å². The third-order valence-corrected chi connectivity index (χ3v) is 2.65. The van der Waals surface area contributed by atoms with Gasteiger partial charge in [0.25, 0.3) is 0 Å². The Morgan fingerprint density at radius 2 is 2.27 bits per heavy atom. The van der Waals surface area contributed by atoms with Crippen LogP contribution >= 0.6 is 0 Å². The molecule has 0 amide bonds. The van der Waals surface area contributed by atoms with Crippen molar-refractivity contribution in [1.82, 2.24) is 5.32 Å². The van der Waals surface area contributed by atoms with Crippen LogP contribution in [0, 0.1) is 5.82 Å². The molecule has 1 aliphatic rings. The number of nitrogens with one attached hydrogen (secondary N) is 1. The van der Waals surface area contributed by atoms with Crippen molar-refractivity contribution >= 4 is 5.97 Å².